The molecule has 29 heavy (non-hydrogen) atoms. The summed E-state index contributed by atoms with van der Waals surface area (Å²) in [6.45, 7) is 0. The van der Waals surface area contributed by atoms with Crippen molar-refractivity contribution in [2.75, 3.05) is 5.01 Å². The van der Waals surface area contributed by atoms with Crippen LogP contribution in [0.3, 0.4) is 0 Å². The van der Waals surface area contributed by atoms with Gasteiger partial charge in [-0.05, 0) is 42.0 Å². The second-order valence-corrected chi connectivity index (χ2v) is 6.98. The third kappa shape index (κ3) is 3.21. The van der Waals surface area contributed by atoms with Crippen LogP contribution in [0.4, 0.5) is 10.1 Å². The molecule has 0 bridgehead atoms. The summed E-state index contributed by atoms with van der Waals surface area (Å²) in [5.74, 6) is -0.283. The molecule has 5 heteroatoms. The number of rotatable bonds is 3. The van der Waals surface area contributed by atoms with Crippen LogP contribution in [0.2, 0.25) is 0 Å². The van der Waals surface area contributed by atoms with Gasteiger partial charge in [0.15, 0.2) is 0 Å². The molecule has 0 amide bonds. The minimum Gasteiger partial charge on any atom is -0.422 e. The van der Waals surface area contributed by atoms with Crippen molar-refractivity contribution in [3.05, 3.63) is 112 Å². The number of halogens is 1. The largest absolute Gasteiger partial charge is 0.422 e. The van der Waals surface area contributed by atoms with Gasteiger partial charge in [-0.3, -0.25) is 5.01 Å². The van der Waals surface area contributed by atoms with E-state index in [0.29, 0.717) is 23.3 Å². The van der Waals surface area contributed by atoms with Crippen molar-refractivity contribution in [2.24, 2.45) is 5.10 Å². The molecular formula is C24H17FN2O2. The molecule has 0 aliphatic carbocycles. The third-order valence-corrected chi connectivity index (χ3v) is 5.14. The third-order valence-electron chi connectivity index (χ3n) is 5.14. The lowest BCUT2D eigenvalue weighted by atomic mass is 9.98. The fourth-order valence-corrected chi connectivity index (χ4v) is 3.70. The van der Waals surface area contributed by atoms with Crippen LogP contribution in [0.1, 0.15) is 23.6 Å². The smallest absolute Gasteiger partial charge is 0.345 e. The van der Waals surface area contributed by atoms with Crippen molar-refractivity contribution in [3.63, 3.8) is 0 Å². The highest BCUT2D eigenvalue weighted by Gasteiger charge is 2.31. The number of hydrazone groups is 1. The molecule has 3 aromatic carbocycles. The molecule has 1 atom stereocenters. The second-order valence-electron chi connectivity index (χ2n) is 6.98. The quantitative estimate of drug-likeness (QED) is 0.451. The van der Waals surface area contributed by atoms with Gasteiger partial charge < -0.3 is 4.42 Å². The van der Waals surface area contributed by atoms with E-state index in [1.807, 2.05) is 59.6 Å². The zero-order valence-corrected chi connectivity index (χ0v) is 15.5. The monoisotopic (exact) mass is 384 g/mol. The predicted octanol–water partition coefficient (Wildman–Crippen LogP) is 5.29. The van der Waals surface area contributed by atoms with Crippen molar-refractivity contribution in [1.82, 2.24) is 0 Å². The van der Waals surface area contributed by atoms with Crippen molar-refractivity contribution < 1.29 is 8.81 Å². The van der Waals surface area contributed by atoms with Gasteiger partial charge in [-0.1, -0.05) is 48.5 Å². The van der Waals surface area contributed by atoms with Gasteiger partial charge in [0, 0.05) is 11.8 Å². The Morgan fingerprint density at radius 1 is 0.931 bits per heavy atom. The Morgan fingerprint density at radius 2 is 1.66 bits per heavy atom. The van der Waals surface area contributed by atoms with Crippen molar-refractivity contribution in [2.45, 2.75) is 12.5 Å². The van der Waals surface area contributed by atoms with Crippen LogP contribution >= 0.6 is 0 Å². The first-order valence-electron chi connectivity index (χ1n) is 9.39. The van der Waals surface area contributed by atoms with E-state index in [-0.39, 0.29) is 11.9 Å². The van der Waals surface area contributed by atoms with Gasteiger partial charge >= 0.3 is 5.63 Å². The SMILES string of the molecule is O=c1oc2ccccc2cc1C1=NN(c2ccccc2)[C@@H](c2ccc(F)cc2)C1. The molecule has 2 heterocycles. The normalized spacial score (nSPS) is 16.2. The van der Waals surface area contributed by atoms with Gasteiger partial charge in [-0.15, -0.1) is 0 Å². The topological polar surface area (TPSA) is 45.8 Å². The van der Waals surface area contributed by atoms with Crippen LogP contribution in [-0.4, -0.2) is 5.71 Å². The molecule has 4 nitrogen and oxygen atoms in total. The molecule has 1 aromatic heterocycles. The highest BCUT2D eigenvalue weighted by Crippen LogP contribution is 2.36. The number of para-hydroxylation sites is 2. The van der Waals surface area contributed by atoms with E-state index >= 15 is 0 Å². The molecule has 4 aromatic rings. The van der Waals surface area contributed by atoms with Gasteiger partial charge in [-0.2, -0.15) is 5.10 Å². The van der Waals surface area contributed by atoms with Gasteiger partial charge in [0.25, 0.3) is 0 Å². The summed E-state index contributed by atoms with van der Waals surface area (Å²) in [4.78, 5) is 12.6. The van der Waals surface area contributed by atoms with E-state index in [1.165, 1.54) is 12.1 Å². The van der Waals surface area contributed by atoms with E-state index in [9.17, 15) is 9.18 Å². The van der Waals surface area contributed by atoms with Crippen LogP contribution in [0.25, 0.3) is 11.0 Å². The van der Waals surface area contributed by atoms with Crippen molar-refractivity contribution in [3.8, 4) is 0 Å². The molecule has 5 rings (SSSR count). The van der Waals surface area contributed by atoms with Gasteiger partial charge in [0.2, 0.25) is 0 Å². The lowest BCUT2D eigenvalue weighted by Crippen LogP contribution is -2.18. The van der Waals surface area contributed by atoms with E-state index in [2.05, 4.69) is 0 Å². The van der Waals surface area contributed by atoms with Crippen LogP contribution in [0.5, 0.6) is 0 Å². The molecule has 0 N–H and O–H groups in total. The zero-order valence-electron chi connectivity index (χ0n) is 15.5. The van der Waals surface area contributed by atoms with Crippen LogP contribution in [0.15, 0.2) is 99.2 Å². The molecule has 0 radical (unpaired) electrons. The first-order valence-corrected chi connectivity index (χ1v) is 9.39. The summed E-state index contributed by atoms with van der Waals surface area (Å²) in [7, 11) is 0. The van der Waals surface area contributed by atoms with E-state index in [4.69, 9.17) is 9.52 Å². The van der Waals surface area contributed by atoms with Gasteiger partial charge in [-0.25, -0.2) is 9.18 Å². The standard InChI is InChI=1S/C24H17FN2O2/c25-18-12-10-16(11-13-18)22-15-21(26-27(22)19-7-2-1-3-8-19)20-14-17-6-4-5-9-23(17)29-24(20)28/h1-14,22H,15H2/t22-/m1/s1. The number of benzene rings is 3. The van der Waals surface area contributed by atoms with Crippen molar-refractivity contribution in [1.29, 1.82) is 0 Å². The molecule has 0 fully saturated rings. The van der Waals surface area contributed by atoms with Crippen LogP contribution in [0, 0.1) is 5.82 Å². The summed E-state index contributed by atoms with van der Waals surface area (Å²) in [5, 5.41) is 7.51. The fraction of sp³-hybridized carbons (Fsp3) is 0.0833. The summed E-state index contributed by atoms with van der Waals surface area (Å²) in [6, 6.07) is 25.3. The molecule has 0 unspecified atom stereocenters. The number of anilines is 1. The van der Waals surface area contributed by atoms with Crippen molar-refractivity contribution >= 4 is 22.4 Å². The Kier molecular flexibility index (Phi) is 4.21. The maximum atomic E-state index is 13.4. The van der Waals surface area contributed by atoms with E-state index < -0.39 is 5.63 Å². The minimum atomic E-state index is -0.407. The second kappa shape index (κ2) is 7.02. The number of fused-ring (bicyclic) bond motifs is 1. The van der Waals surface area contributed by atoms with E-state index in [0.717, 1.165) is 16.6 Å². The Hall–Kier alpha value is -3.73. The maximum absolute atomic E-state index is 13.4. The first kappa shape index (κ1) is 17.4. The molecule has 142 valence electrons. The summed E-state index contributed by atoms with van der Waals surface area (Å²) < 4.78 is 18.9. The first-order chi connectivity index (χ1) is 14.2. The molecule has 0 saturated carbocycles. The number of hydrogen-bond donors (Lipinski definition) is 0. The summed E-state index contributed by atoms with van der Waals surface area (Å²) in [5.41, 5.74) is 3.09. The molecule has 1 aliphatic heterocycles. The van der Waals surface area contributed by atoms with E-state index in [1.54, 1.807) is 18.2 Å². The van der Waals surface area contributed by atoms with Crippen LogP contribution < -0.4 is 10.6 Å². The fourth-order valence-electron chi connectivity index (χ4n) is 3.70. The van der Waals surface area contributed by atoms with Gasteiger partial charge in [0.05, 0.1) is 23.0 Å². The Bertz CT molecular complexity index is 1260. The Morgan fingerprint density at radius 3 is 2.45 bits per heavy atom. The number of nitrogens with zero attached hydrogens (tertiary/aromatic N) is 2. The van der Waals surface area contributed by atoms with Gasteiger partial charge in [0.1, 0.15) is 11.4 Å². The molecular weight excluding hydrogens is 367 g/mol. The Balaban J connectivity index is 1.61. The molecule has 1 aliphatic rings. The zero-order chi connectivity index (χ0) is 19.8. The molecule has 0 spiro atoms. The average Bonchev–Trinajstić information content (AvgIpc) is 3.19. The predicted molar refractivity (Wildman–Crippen MR) is 112 cm³/mol. The maximum Gasteiger partial charge on any atom is 0.345 e. The minimum absolute atomic E-state index is 0.140. The molecule has 0 saturated heterocycles. The highest BCUT2D eigenvalue weighted by molar-refractivity contribution is 6.04. The number of hydrogen-bond acceptors (Lipinski definition) is 4. The highest BCUT2D eigenvalue weighted by atomic mass is 19.1. The lowest BCUT2D eigenvalue weighted by Gasteiger charge is -2.23. The summed E-state index contributed by atoms with van der Waals surface area (Å²) >= 11 is 0. The Labute approximate surface area is 166 Å². The summed E-state index contributed by atoms with van der Waals surface area (Å²) in [6.07, 6.45) is 0.517. The lowest BCUT2D eigenvalue weighted by molar-refractivity contribution is 0.559. The van der Waals surface area contributed by atoms with Crippen LogP contribution in [-0.2, 0) is 0 Å². The average molecular weight is 384 g/mol.